The Bertz CT molecular complexity index is 1040. The van der Waals surface area contributed by atoms with Crippen molar-refractivity contribution in [2.75, 3.05) is 11.6 Å². The fourth-order valence-electron chi connectivity index (χ4n) is 2.54. The van der Waals surface area contributed by atoms with Gasteiger partial charge in [0.05, 0.1) is 4.53 Å². The first-order chi connectivity index (χ1) is 11.7. The van der Waals surface area contributed by atoms with Crippen molar-refractivity contribution in [2.24, 2.45) is 4.99 Å². The van der Waals surface area contributed by atoms with E-state index < -0.39 is 0 Å². The van der Waals surface area contributed by atoms with Crippen LogP contribution in [0.1, 0.15) is 5.56 Å². The highest BCUT2D eigenvalue weighted by molar-refractivity contribution is 14.1. The summed E-state index contributed by atoms with van der Waals surface area (Å²) in [6.45, 7) is 1.09. The smallest absolute Gasteiger partial charge is 0.271 e. The van der Waals surface area contributed by atoms with Crippen molar-refractivity contribution >= 4 is 45.7 Å². The molecule has 120 valence electrons. The monoisotopic (exact) mass is 448 g/mol. The molecule has 1 aliphatic heterocycles. The number of halogens is 1. The highest BCUT2D eigenvalue weighted by atomic mass is 127. The van der Waals surface area contributed by atoms with Gasteiger partial charge in [0, 0.05) is 21.7 Å². The predicted molar refractivity (Wildman–Crippen MR) is 104 cm³/mol. The average Bonchev–Trinajstić information content (AvgIpc) is 2.92. The second-order valence-corrected chi connectivity index (χ2v) is 7.62. The van der Waals surface area contributed by atoms with Crippen LogP contribution in [0.5, 0.6) is 0 Å². The minimum absolute atomic E-state index is 0.00535. The molecule has 0 amide bonds. The molecule has 24 heavy (non-hydrogen) atoms. The number of fused-ring (bicyclic) bond motifs is 1. The Morgan fingerprint density at radius 2 is 1.88 bits per heavy atom. The van der Waals surface area contributed by atoms with E-state index in [9.17, 15) is 4.79 Å². The number of hydrogen-bond donors (Lipinski definition) is 0. The quantitative estimate of drug-likeness (QED) is 0.562. The van der Waals surface area contributed by atoms with Crippen LogP contribution in [-0.2, 0) is 6.67 Å². The summed E-state index contributed by atoms with van der Waals surface area (Å²) in [5.74, 6) is 0. The molecule has 0 spiro atoms. The molecule has 5 nitrogen and oxygen atoms in total. The molecule has 0 saturated carbocycles. The maximum Gasteiger partial charge on any atom is 0.271 e. The summed E-state index contributed by atoms with van der Waals surface area (Å²) in [6.07, 6.45) is 5.34. The summed E-state index contributed by atoms with van der Waals surface area (Å²) in [7, 11) is 0. The van der Waals surface area contributed by atoms with Gasteiger partial charge >= 0.3 is 0 Å². The van der Waals surface area contributed by atoms with Gasteiger partial charge in [0.25, 0.3) is 5.56 Å². The summed E-state index contributed by atoms with van der Waals surface area (Å²) in [6, 6.07) is 12.0. The van der Waals surface area contributed by atoms with Crippen LogP contribution in [0.4, 0.5) is 5.69 Å². The Kier molecular flexibility index (Phi) is 4.19. The Morgan fingerprint density at radius 3 is 2.62 bits per heavy atom. The Morgan fingerprint density at radius 1 is 1.12 bits per heavy atom. The van der Waals surface area contributed by atoms with Crippen LogP contribution >= 0.6 is 33.9 Å². The van der Waals surface area contributed by atoms with Gasteiger partial charge in [-0.3, -0.25) is 14.3 Å². The molecule has 0 saturated heterocycles. The standard InChI is InChI=1S/C17H13IN4OS/c18-13-1-3-14(4-2-13)21-10-20-17-22(11-21)16(23)15(24-17)9-12-5-7-19-8-6-12/h1-9H,10-11H2/b15-9+. The van der Waals surface area contributed by atoms with Gasteiger partial charge in [0.15, 0.2) is 4.80 Å². The summed E-state index contributed by atoms with van der Waals surface area (Å²) in [5.41, 5.74) is 2.05. The van der Waals surface area contributed by atoms with Crippen LogP contribution in [0.25, 0.3) is 6.08 Å². The number of aromatic nitrogens is 2. The average molecular weight is 448 g/mol. The Balaban J connectivity index is 1.71. The van der Waals surface area contributed by atoms with Crippen LogP contribution in [0.2, 0.25) is 0 Å². The molecule has 0 fully saturated rings. The second-order valence-electron chi connectivity index (χ2n) is 5.36. The number of benzene rings is 1. The molecule has 4 rings (SSSR count). The van der Waals surface area contributed by atoms with Crippen LogP contribution < -0.4 is 19.8 Å². The third-order valence-corrected chi connectivity index (χ3v) is 5.54. The van der Waals surface area contributed by atoms with Crippen molar-refractivity contribution in [3.63, 3.8) is 0 Å². The van der Waals surface area contributed by atoms with E-state index in [1.54, 1.807) is 17.0 Å². The van der Waals surface area contributed by atoms with Crippen molar-refractivity contribution < 1.29 is 0 Å². The van der Waals surface area contributed by atoms with E-state index in [0.717, 1.165) is 16.1 Å². The molecule has 0 atom stereocenters. The summed E-state index contributed by atoms with van der Waals surface area (Å²) >= 11 is 3.72. The normalized spacial score (nSPS) is 14.4. The lowest BCUT2D eigenvalue weighted by Crippen LogP contribution is -2.42. The molecular formula is C17H13IN4OS. The van der Waals surface area contributed by atoms with Crippen molar-refractivity contribution in [1.82, 2.24) is 9.55 Å². The van der Waals surface area contributed by atoms with Gasteiger partial charge in [-0.25, -0.2) is 4.99 Å². The number of nitrogens with zero attached hydrogens (tertiary/aromatic N) is 4. The van der Waals surface area contributed by atoms with E-state index in [2.05, 4.69) is 61.7 Å². The molecule has 0 aliphatic carbocycles. The van der Waals surface area contributed by atoms with Gasteiger partial charge in [-0.1, -0.05) is 11.3 Å². The number of thiazole rings is 1. The van der Waals surface area contributed by atoms with Crippen LogP contribution in [0.3, 0.4) is 0 Å². The summed E-state index contributed by atoms with van der Waals surface area (Å²) in [4.78, 5) is 24.1. The van der Waals surface area contributed by atoms with Gasteiger partial charge in [0.1, 0.15) is 13.3 Å². The fourth-order valence-corrected chi connectivity index (χ4v) is 3.86. The van der Waals surface area contributed by atoms with Crippen LogP contribution in [0, 0.1) is 3.57 Å². The first-order valence-corrected chi connectivity index (χ1v) is 9.27. The molecule has 2 aromatic heterocycles. The number of rotatable bonds is 2. The Hall–Kier alpha value is -2.00. The molecule has 3 aromatic rings. The SMILES string of the molecule is O=c1/c(=C\c2ccncc2)sc2n1CN(c1ccc(I)cc1)CN=2. The topological polar surface area (TPSA) is 50.5 Å². The maximum absolute atomic E-state index is 12.7. The van der Waals surface area contributed by atoms with E-state index >= 15 is 0 Å². The lowest BCUT2D eigenvalue weighted by Gasteiger charge is -2.25. The molecule has 0 bridgehead atoms. The van der Waals surface area contributed by atoms with Gasteiger partial charge in [0.2, 0.25) is 0 Å². The zero-order valence-corrected chi connectivity index (χ0v) is 15.6. The van der Waals surface area contributed by atoms with Gasteiger partial charge in [-0.2, -0.15) is 0 Å². The number of anilines is 1. The summed E-state index contributed by atoms with van der Waals surface area (Å²) in [5, 5.41) is 0. The van der Waals surface area contributed by atoms with Gasteiger partial charge in [-0.15, -0.1) is 0 Å². The van der Waals surface area contributed by atoms with E-state index in [-0.39, 0.29) is 5.56 Å². The molecule has 0 radical (unpaired) electrons. The van der Waals surface area contributed by atoms with E-state index in [4.69, 9.17) is 0 Å². The third-order valence-electron chi connectivity index (χ3n) is 3.77. The number of hydrogen-bond acceptors (Lipinski definition) is 5. The largest absolute Gasteiger partial charge is 0.334 e. The van der Waals surface area contributed by atoms with Gasteiger partial charge in [-0.05, 0) is 70.6 Å². The first-order valence-electron chi connectivity index (χ1n) is 7.37. The maximum atomic E-state index is 12.7. The second kappa shape index (κ2) is 6.48. The zero-order valence-electron chi connectivity index (χ0n) is 12.6. The zero-order chi connectivity index (χ0) is 16.5. The molecule has 1 aliphatic rings. The van der Waals surface area contributed by atoms with Crippen molar-refractivity contribution in [2.45, 2.75) is 6.67 Å². The van der Waals surface area contributed by atoms with Crippen molar-refractivity contribution in [1.29, 1.82) is 0 Å². The third kappa shape index (κ3) is 3.01. The lowest BCUT2D eigenvalue weighted by atomic mass is 10.2. The summed E-state index contributed by atoms with van der Waals surface area (Å²) < 4.78 is 3.62. The van der Waals surface area contributed by atoms with Gasteiger partial charge < -0.3 is 4.90 Å². The molecular weight excluding hydrogens is 435 g/mol. The molecule has 0 unspecified atom stereocenters. The lowest BCUT2D eigenvalue weighted by molar-refractivity contribution is 0.569. The fraction of sp³-hybridized carbons (Fsp3) is 0.118. The molecule has 1 aromatic carbocycles. The van der Waals surface area contributed by atoms with E-state index in [1.807, 2.05) is 18.2 Å². The highest BCUT2D eigenvalue weighted by Gasteiger charge is 2.15. The van der Waals surface area contributed by atoms with Crippen molar-refractivity contribution in [3.8, 4) is 0 Å². The van der Waals surface area contributed by atoms with E-state index in [1.165, 1.54) is 14.9 Å². The van der Waals surface area contributed by atoms with E-state index in [0.29, 0.717) is 17.9 Å². The minimum atomic E-state index is 0.00535. The van der Waals surface area contributed by atoms with Crippen LogP contribution in [-0.4, -0.2) is 16.2 Å². The molecule has 0 N–H and O–H groups in total. The van der Waals surface area contributed by atoms with Crippen molar-refractivity contribution in [3.05, 3.63) is 77.6 Å². The predicted octanol–water partition coefficient (Wildman–Crippen LogP) is 1.79. The van der Waals surface area contributed by atoms with Crippen LogP contribution in [0.15, 0.2) is 58.6 Å². The first kappa shape index (κ1) is 15.5. The minimum Gasteiger partial charge on any atom is -0.334 e. The molecule has 3 heterocycles. The number of pyridine rings is 1. The molecule has 7 heteroatoms. The highest BCUT2D eigenvalue weighted by Crippen LogP contribution is 2.17. The Labute approximate surface area is 155 Å².